The van der Waals surface area contributed by atoms with Crippen molar-refractivity contribution in [2.24, 2.45) is 11.8 Å². The smallest absolute Gasteiger partial charge is 0.416 e. The molecular weight excluding hydrogens is 245 g/mol. The molecule has 0 heterocycles. The highest BCUT2D eigenvalue weighted by Gasteiger charge is 2.30. The molecule has 0 amide bonds. The molecule has 0 aliphatic heterocycles. The summed E-state index contributed by atoms with van der Waals surface area (Å²) >= 11 is 0. The molecule has 0 spiro atoms. The standard InChI is InChI=1S/C13H17F3O2/c1-9(2)10(7-17)8-18-12-5-3-4-11(6-12)13(14,15)16/h3-6,9-10,17H,7-8H2,1-2H3. The number of aliphatic hydroxyl groups is 1. The van der Waals surface area contributed by atoms with Crippen LogP contribution in [0.25, 0.3) is 0 Å². The molecule has 0 radical (unpaired) electrons. The Labute approximate surface area is 104 Å². The van der Waals surface area contributed by atoms with E-state index in [1.54, 1.807) is 0 Å². The molecule has 0 fully saturated rings. The van der Waals surface area contributed by atoms with Crippen LogP contribution in [0.3, 0.4) is 0 Å². The van der Waals surface area contributed by atoms with Gasteiger partial charge in [0.2, 0.25) is 0 Å². The van der Waals surface area contributed by atoms with Gasteiger partial charge >= 0.3 is 6.18 Å². The zero-order valence-corrected chi connectivity index (χ0v) is 10.4. The highest BCUT2D eigenvalue weighted by Crippen LogP contribution is 2.31. The Hall–Kier alpha value is -1.23. The Morgan fingerprint density at radius 2 is 1.94 bits per heavy atom. The van der Waals surface area contributed by atoms with Crippen molar-refractivity contribution in [3.63, 3.8) is 0 Å². The van der Waals surface area contributed by atoms with Gasteiger partial charge in [0.05, 0.1) is 12.2 Å². The number of aliphatic hydroxyl groups excluding tert-OH is 1. The number of hydrogen-bond acceptors (Lipinski definition) is 2. The lowest BCUT2D eigenvalue weighted by atomic mass is 9.98. The predicted octanol–water partition coefficient (Wildman–Crippen LogP) is 3.35. The molecule has 0 bridgehead atoms. The second-order valence-electron chi connectivity index (χ2n) is 4.52. The Morgan fingerprint density at radius 3 is 2.44 bits per heavy atom. The lowest BCUT2D eigenvalue weighted by molar-refractivity contribution is -0.137. The molecule has 1 N–H and O–H groups in total. The van der Waals surface area contributed by atoms with Crippen molar-refractivity contribution in [1.82, 2.24) is 0 Å². The molecule has 1 atom stereocenters. The summed E-state index contributed by atoms with van der Waals surface area (Å²) in [7, 11) is 0. The number of halogens is 3. The van der Waals surface area contributed by atoms with Gasteiger partial charge in [-0.2, -0.15) is 13.2 Å². The molecule has 1 aromatic rings. The van der Waals surface area contributed by atoms with Crippen LogP contribution in [0.2, 0.25) is 0 Å². The van der Waals surface area contributed by atoms with Crippen molar-refractivity contribution >= 4 is 0 Å². The molecule has 0 saturated heterocycles. The van der Waals surface area contributed by atoms with Crippen LogP contribution < -0.4 is 4.74 Å². The van der Waals surface area contributed by atoms with Crippen LogP contribution in [0.4, 0.5) is 13.2 Å². The van der Waals surface area contributed by atoms with Crippen molar-refractivity contribution in [3.8, 4) is 5.75 Å². The maximum atomic E-state index is 12.5. The Balaban J connectivity index is 2.68. The van der Waals surface area contributed by atoms with Crippen LogP contribution in [0.5, 0.6) is 5.75 Å². The van der Waals surface area contributed by atoms with Gasteiger partial charge in [-0.05, 0) is 24.1 Å². The number of hydrogen-bond donors (Lipinski definition) is 1. The van der Waals surface area contributed by atoms with Crippen LogP contribution in [0.1, 0.15) is 19.4 Å². The Kier molecular flexibility index (Phi) is 5.02. The van der Waals surface area contributed by atoms with Crippen molar-refractivity contribution in [2.45, 2.75) is 20.0 Å². The second-order valence-corrected chi connectivity index (χ2v) is 4.52. The summed E-state index contributed by atoms with van der Waals surface area (Å²) in [6, 6.07) is 4.75. The molecule has 0 aromatic heterocycles. The number of alkyl halides is 3. The minimum absolute atomic E-state index is 0.0450. The van der Waals surface area contributed by atoms with E-state index in [2.05, 4.69) is 0 Å². The molecule has 18 heavy (non-hydrogen) atoms. The number of ether oxygens (including phenoxy) is 1. The number of benzene rings is 1. The summed E-state index contributed by atoms with van der Waals surface area (Å²) in [6.07, 6.45) is -4.37. The van der Waals surface area contributed by atoms with Gasteiger partial charge < -0.3 is 9.84 Å². The van der Waals surface area contributed by atoms with Crippen LogP contribution in [-0.4, -0.2) is 18.3 Å². The van der Waals surface area contributed by atoms with Crippen LogP contribution in [0.15, 0.2) is 24.3 Å². The Morgan fingerprint density at radius 1 is 1.28 bits per heavy atom. The molecule has 0 saturated carbocycles. The molecule has 0 aliphatic carbocycles. The minimum Gasteiger partial charge on any atom is -0.493 e. The third kappa shape index (κ3) is 4.22. The molecule has 2 nitrogen and oxygen atoms in total. The molecule has 0 aliphatic rings. The van der Waals surface area contributed by atoms with Gasteiger partial charge in [0, 0.05) is 12.5 Å². The summed E-state index contributed by atoms with van der Waals surface area (Å²) in [5, 5.41) is 9.10. The van der Waals surface area contributed by atoms with Crippen LogP contribution >= 0.6 is 0 Å². The number of rotatable bonds is 5. The van der Waals surface area contributed by atoms with Crippen molar-refractivity contribution in [2.75, 3.05) is 13.2 Å². The monoisotopic (exact) mass is 262 g/mol. The fourth-order valence-electron chi connectivity index (χ4n) is 1.42. The zero-order valence-electron chi connectivity index (χ0n) is 10.4. The largest absolute Gasteiger partial charge is 0.493 e. The first kappa shape index (κ1) is 14.8. The first-order chi connectivity index (χ1) is 8.34. The maximum Gasteiger partial charge on any atom is 0.416 e. The van der Waals surface area contributed by atoms with E-state index in [1.165, 1.54) is 12.1 Å². The van der Waals surface area contributed by atoms with E-state index in [-0.39, 0.29) is 30.8 Å². The Bertz CT molecular complexity index is 375. The van der Waals surface area contributed by atoms with Crippen LogP contribution in [0, 0.1) is 11.8 Å². The first-order valence-corrected chi connectivity index (χ1v) is 5.75. The van der Waals surface area contributed by atoms with Crippen LogP contribution in [-0.2, 0) is 6.18 Å². The fraction of sp³-hybridized carbons (Fsp3) is 0.538. The molecule has 1 unspecified atom stereocenters. The third-order valence-corrected chi connectivity index (χ3v) is 2.80. The van der Waals surface area contributed by atoms with Gasteiger partial charge in [-0.25, -0.2) is 0 Å². The summed E-state index contributed by atoms with van der Waals surface area (Å²) in [6.45, 7) is 4.01. The highest BCUT2D eigenvalue weighted by atomic mass is 19.4. The highest BCUT2D eigenvalue weighted by molar-refractivity contribution is 5.30. The maximum absolute atomic E-state index is 12.5. The van der Waals surface area contributed by atoms with Crippen molar-refractivity contribution in [1.29, 1.82) is 0 Å². The average molecular weight is 262 g/mol. The quantitative estimate of drug-likeness (QED) is 0.881. The lowest BCUT2D eigenvalue weighted by Crippen LogP contribution is -2.21. The summed E-state index contributed by atoms with van der Waals surface area (Å²) in [5.74, 6) is 0.296. The predicted molar refractivity (Wildman–Crippen MR) is 62.4 cm³/mol. The normalized spacial score (nSPS) is 13.7. The van der Waals surface area contributed by atoms with Crippen molar-refractivity contribution in [3.05, 3.63) is 29.8 Å². The van der Waals surface area contributed by atoms with E-state index < -0.39 is 11.7 Å². The van der Waals surface area contributed by atoms with Gasteiger partial charge in [-0.15, -0.1) is 0 Å². The summed E-state index contributed by atoms with van der Waals surface area (Å²) in [5.41, 5.74) is -0.731. The van der Waals surface area contributed by atoms with E-state index in [4.69, 9.17) is 9.84 Å². The molecule has 1 rings (SSSR count). The minimum atomic E-state index is -4.37. The molecule has 1 aromatic carbocycles. The molecular formula is C13H17F3O2. The van der Waals surface area contributed by atoms with E-state index in [1.807, 2.05) is 13.8 Å². The SMILES string of the molecule is CC(C)C(CO)COc1cccc(C(F)(F)F)c1. The third-order valence-electron chi connectivity index (χ3n) is 2.80. The molecule has 5 heteroatoms. The second kappa shape index (κ2) is 6.09. The first-order valence-electron chi connectivity index (χ1n) is 5.75. The van der Waals surface area contributed by atoms with Crippen molar-refractivity contribution < 1.29 is 23.0 Å². The lowest BCUT2D eigenvalue weighted by Gasteiger charge is -2.19. The molecule has 102 valence electrons. The van der Waals surface area contributed by atoms with Gasteiger partial charge in [-0.3, -0.25) is 0 Å². The van der Waals surface area contributed by atoms with Gasteiger partial charge in [0.1, 0.15) is 5.75 Å². The fourth-order valence-corrected chi connectivity index (χ4v) is 1.42. The van der Waals surface area contributed by atoms with E-state index in [0.29, 0.717) is 0 Å². The van der Waals surface area contributed by atoms with E-state index >= 15 is 0 Å². The van der Waals surface area contributed by atoms with E-state index in [9.17, 15) is 13.2 Å². The van der Waals surface area contributed by atoms with Gasteiger partial charge in [0.25, 0.3) is 0 Å². The summed E-state index contributed by atoms with van der Waals surface area (Å²) < 4.78 is 42.7. The zero-order chi connectivity index (χ0) is 13.8. The van der Waals surface area contributed by atoms with Gasteiger partial charge in [-0.1, -0.05) is 19.9 Å². The van der Waals surface area contributed by atoms with E-state index in [0.717, 1.165) is 12.1 Å². The van der Waals surface area contributed by atoms with Gasteiger partial charge in [0.15, 0.2) is 0 Å². The average Bonchev–Trinajstić information content (AvgIpc) is 2.28. The summed E-state index contributed by atoms with van der Waals surface area (Å²) in [4.78, 5) is 0. The topological polar surface area (TPSA) is 29.5 Å².